The van der Waals surface area contributed by atoms with Crippen LogP contribution in [0.4, 0.5) is 0 Å². The van der Waals surface area contributed by atoms with Crippen LogP contribution in [0.25, 0.3) is 11.0 Å². The van der Waals surface area contributed by atoms with Gasteiger partial charge in [-0.3, -0.25) is 0 Å². The number of methoxy groups -OCH3 is 1. The molecule has 0 aliphatic rings. The largest absolute Gasteiger partial charge is 0.497 e. The summed E-state index contributed by atoms with van der Waals surface area (Å²) in [5.74, 6) is -0.361. The number of ether oxygens (including phenoxy) is 1. The quantitative estimate of drug-likeness (QED) is 0.712. The molecule has 1 aromatic carbocycles. The van der Waals surface area contributed by atoms with Crippen molar-refractivity contribution in [2.75, 3.05) is 7.11 Å². The number of imidazole rings is 1. The lowest BCUT2D eigenvalue weighted by Crippen LogP contribution is -2.01. The van der Waals surface area contributed by atoms with E-state index >= 15 is 0 Å². The molecule has 2 N–H and O–H groups in total. The van der Waals surface area contributed by atoms with Crippen LogP contribution < -0.4 is 4.74 Å². The van der Waals surface area contributed by atoms with Crippen LogP contribution in [0, 0.1) is 0 Å². The topological polar surface area (TPSA) is 101 Å². The highest BCUT2D eigenvalue weighted by Gasteiger charge is 2.10. The third-order valence-corrected chi connectivity index (χ3v) is 3.47. The van der Waals surface area contributed by atoms with Crippen LogP contribution in [0.15, 0.2) is 40.8 Å². The zero-order chi connectivity index (χ0) is 14.8. The molecule has 0 amide bonds. The molecule has 0 aliphatic carbocycles. The number of benzene rings is 1. The Morgan fingerprint density at radius 3 is 2.95 bits per heavy atom. The Bertz CT molecular complexity index is 818. The standard InChI is InChI=1S/C13H10N4O3S/c1-20-7-2-3-8-10(6-7)17-13(15-8)21-12-14-5-4-9(16-12)11(18)19/h2-6H,1H3,(H,15,17)(H,18,19). The summed E-state index contributed by atoms with van der Waals surface area (Å²) >= 11 is 1.17. The van der Waals surface area contributed by atoms with E-state index in [0.29, 0.717) is 10.3 Å². The maximum atomic E-state index is 10.9. The fourth-order valence-electron chi connectivity index (χ4n) is 1.74. The monoisotopic (exact) mass is 302 g/mol. The lowest BCUT2D eigenvalue weighted by atomic mass is 10.3. The second-order valence-electron chi connectivity index (χ2n) is 4.06. The van der Waals surface area contributed by atoms with E-state index in [1.165, 1.54) is 24.0 Å². The number of aromatic nitrogens is 4. The molecule has 0 spiro atoms. The highest BCUT2D eigenvalue weighted by Crippen LogP contribution is 2.26. The molecular weight excluding hydrogens is 292 g/mol. The SMILES string of the molecule is COc1ccc2nc(Sc3nccc(C(=O)O)n3)[nH]c2c1. The summed E-state index contributed by atoms with van der Waals surface area (Å²) in [7, 11) is 1.60. The number of carbonyl (C=O) groups is 1. The number of aromatic carboxylic acids is 1. The smallest absolute Gasteiger partial charge is 0.354 e. The number of H-pyrrole nitrogens is 1. The van der Waals surface area contributed by atoms with Crippen LogP contribution >= 0.6 is 11.8 Å². The van der Waals surface area contributed by atoms with Crippen molar-refractivity contribution in [2.24, 2.45) is 0 Å². The summed E-state index contributed by atoms with van der Waals surface area (Å²) in [4.78, 5) is 26.3. The molecule has 0 saturated carbocycles. The van der Waals surface area contributed by atoms with Gasteiger partial charge >= 0.3 is 5.97 Å². The van der Waals surface area contributed by atoms with Crippen molar-refractivity contribution in [3.05, 3.63) is 36.2 Å². The Labute approximate surface area is 123 Å². The predicted octanol–water partition coefficient (Wildman–Crippen LogP) is 2.21. The van der Waals surface area contributed by atoms with E-state index in [1.54, 1.807) is 7.11 Å². The third-order valence-electron chi connectivity index (χ3n) is 2.71. The Morgan fingerprint density at radius 2 is 2.19 bits per heavy atom. The van der Waals surface area contributed by atoms with Crippen molar-refractivity contribution >= 4 is 28.8 Å². The molecule has 2 heterocycles. The average molecular weight is 302 g/mol. The summed E-state index contributed by atoms with van der Waals surface area (Å²) in [6.45, 7) is 0. The summed E-state index contributed by atoms with van der Waals surface area (Å²) in [5, 5.41) is 9.81. The minimum atomic E-state index is -1.09. The van der Waals surface area contributed by atoms with E-state index < -0.39 is 5.97 Å². The van der Waals surface area contributed by atoms with Gasteiger partial charge in [0.1, 0.15) is 5.75 Å². The van der Waals surface area contributed by atoms with Crippen LogP contribution in [0.2, 0.25) is 0 Å². The van der Waals surface area contributed by atoms with Crippen molar-refractivity contribution in [1.82, 2.24) is 19.9 Å². The molecule has 0 atom stereocenters. The molecule has 106 valence electrons. The lowest BCUT2D eigenvalue weighted by molar-refractivity contribution is 0.0689. The predicted molar refractivity (Wildman–Crippen MR) is 75.8 cm³/mol. The number of hydrogen-bond acceptors (Lipinski definition) is 6. The first-order valence-corrected chi connectivity index (χ1v) is 6.75. The summed E-state index contributed by atoms with van der Waals surface area (Å²) in [5.41, 5.74) is 1.56. The zero-order valence-electron chi connectivity index (χ0n) is 10.9. The van der Waals surface area contributed by atoms with E-state index in [0.717, 1.165) is 16.8 Å². The third kappa shape index (κ3) is 2.79. The highest BCUT2D eigenvalue weighted by molar-refractivity contribution is 7.99. The van der Waals surface area contributed by atoms with Gasteiger partial charge in [-0.15, -0.1) is 0 Å². The fraction of sp³-hybridized carbons (Fsp3) is 0.0769. The van der Waals surface area contributed by atoms with Crippen LogP contribution in [-0.2, 0) is 0 Å². The Balaban J connectivity index is 1.91. The first-order valence-electron chi connectivity index (χ1n) is 5.93. The van der Waals surface area contributed by atoms with Crippen LogP contribution in [0.3, 0.4) is 0 Å². The molecule has 2 aromatic heterocycles. The number of nitrogens with zero attached hydrogens (tertiary/aromatic N) is 3. The summed E-state index contributed by atoms with van der Waals surface area (Å²) < 4.78 is 5.15. The Kier molecular flexibility index (Phi) is 3.44. The highest BCUT2D eigenvalue weighted by atomic mass is 32.2. The number of rotatable bonds is 4. The number of nitrogens with one attached hydrogen (secondary N) is 1. The Hall–Kier alpha value is -2.61. The maximum Gasteiger partial charge on any atom is 0.354 e. The van der Waals surface area contributed by atoms with E-state index in [1.807, 2.05) is 18.2 Å². The van der Waals surface area contributed by atoms with Gasteiger partial charge in [-0.05, 0) is 30.0 Å². The van der Waals surface area contributed by atoms with Gasteiger partial charge in [0.15, 0.2) is 16.0 Å². The van der Waals surface area contributed by atoms with Gasteiger partial charge in [-0.25, -0.2) is 19.7 Å². The van der Waals surface area contributed by atoms with Crippen molar-refractivity contribution in [1.29, 1.82) is 0 Å². The molecule has 0 fully saturated rings. The van der Waals surface area contributed by atoms with Crippen LogP contribution in [-0.4, -0.2) is 38.1 Å². The number of fused-ring (bicyclic) bond motifs is 1. The fourth-order valence-corrected chi connectivity index (χ4v) is 2.47. The van der Waals surface area contributed by atoms with E-state index in [2.05, 4.69) is 19.9 Å². The van der Waals surface area contributed by atoms with Crippen LogP contribution in [0.5, 0.6) is 5.75 Å². The molecule has 0 bridgehead atoms. The van der Waals surface area contributed by atoms with Crippen molar-refractivity contribution in [2.45, 2.75) is 10.3 Å². The van der Waals surface area contributed by atoms with Gasteiger partial charge in [0.05, 0.1) is 18.1 Å². The molecule has 3 rings (SSSR count). The first-order chi connectivity index (χ1) is 10.2. The second-order valence-corrected chi connectivity index (χ2v) is 5.01. The second kappa shape index (κ2) is 5.41. The van der Waals surface area contributed by atoms with Gasteiger partial charge in [0, 0.05) is 12.3 Å². The summed E-state index contributed by atoms with van der Waals surface area (Å²) in [6, 6.07) is 6.83. The average Bonchev–Trinajstić information content (AvgIpc) is 2.88. The van der Waals surface area contributed by atoms with Gasteiger partial charge in [0.25, 0.3) is 0 Å². The molecule has 7 nitrogen and oxygen atoms in total. The minimum Gasteiger partial charge on any atom is -0.497 e. The molecule has 0 aliphatic heterocycles. The van der Waals surface area contributed by atoms with Gasteiger partial charge in [-0.1, -0.05) is 0 Å². The zero-order valence-corrected chi connectivity index (χ0v) is 11.7. The molecule has 3 aromatic rings. The molecule has 0 unspecified atom stereocenters. The lowest BCUT2D eigenvalue weighted by Gasteiger charge is -1.97. The first kappa shape index (κ1) is 13.4. The van der Waals surface area contributed by atoms with E-state index in [9.17, 15) is 4.79 Å². The van der Waals surface area contributed by atoms with Gasteiger partial charge < -0.3 is 14.8 Å². The minimum absolute atomic E-state index is 0.0507. The van der Waals surface area contributed by atoms with Crippen molar-refractivity contribution in [3.8, 4) is 5.75 Å². The van der Waals surface area contributed by atoms with Gasteiger partial charge in [-0.2, -0.15) is 0 Å². The number of carboxylic acid groups (broad SMARTS) is 1. The summed E-state index contributed by atoms with van der Waals surface area (Å²) in [6.07, 6.45) is 1.41. The van der Waals surface area contributed by atoms with E-state index in [-0.39, 0.29) is 5.69 Å². The number of carboxylic acids is 1. The van der Waals surface area contributed by atoms with Crippen molar-refractivity contribution < 1.29 is 14.6 Å². The normalized spacial score (nSPS) is 10.7. The van der Waals surface area contributed by atoms with Crippen molar-refractivity contribution in [3.63, 3.8) is 0 Å². The molecule has 21 heavy (non-hydrogen) atoms. The molecule has 8 heteroatoms. The maximum absolute atomic E-state index is 10.9. The number of hydrogen-bond donors (Lipinski definition) is 2. The molecular formula is C13H10N4O3S. The number of aromatic amines is 1. The Morgan fingerprint density at radius 1 is 1.33 bits per heavy atom. The van der Waals surface area contributed by atoms with E-state index in [4.69, 9.17) is 9.84 Å². The molecule has 0 radical (unpaired) electrons. The van der Waals surface area contributed by atoms with Gasteiger partial charge in [0.2, 0.25) is 0 Å². The van der Waals surface area contributed by atoms with Crippen LogP contribution in [0.1, 0.15) is 10.5 Å². The molecule has 0 saturated heterocycles.